The van der Waals surface area contributed by atoms with Gasteiger partial charge in [0.15, 0.2) is 23.9 Å². The average Bonchev–Trinajstić information content (AvgIpc) is 3.18. The van der Waals surface area contributed by atoms with E-state index in [0.29, 0.717) is 17.1 Å². The van der Waals surface area contributed by atoms with E-state index in [9.17, 15) is 14.9 Å². The van der Waals surface area contributed by atoms with Gasteiger partial charge in [0.1, 0.15) is 0 Å². The molecule has 176 valence electrons. The van der Waals surface area contributed by atoms with Gasteiger partial charge < -0.3 is 14.2 Å². The highest BCUT2D eigenvalue weighted by Crippen LogP contribution is 2.39. The van der Waals surface area contributed by atoms with E-state index in [-0.39, 0.29) is 29.1 Å². The van der Waals surface area contributed by atoms with Crippen molar-refractivity contribution in [2.75, 3.05) is 13.4 Å². The molecule has 2 aromatic rings. The zero-order chi connectivity index (χ0) is 24.2. The van der Waals surface area contributed by atoms with Gasteiger partial charge in [0.25, 0.3) is 5.91 Å². The number of hydrogen-bond donors (Lipinski definition) is 1. The first-order valence-electron chi connectivity index (χ1n) is 10.6. The summed E-state index contributed by atoms with van der Waals surface area (Å²) in [7, 11) is 0. The van der Waals surface area contributed by atoms with E-state index in [2.05, 4.69) is 45.1 Å². The number of amides is 1. The first-order chi connectivity index (χ1) is 15.4. The number of benzene rings is 2. The van der Waals surface area contributed by atoms with Crippen molar-refractivity contribution in [3.05, 3.63) is 57.6 Å². The van der Waals surface area contributed by atoms with Crippen LogP contribution in [0, 0.1) is 15.5 Å². The molecular weight excluding hydrogens is 426 g/mol. The Bertz CT molecular complexity index is 1070. The summed E-state index contributed by atoms with van der Waals surface area (Å²) >= 11 is 0. The predicted octanol–water partition coefficient (Wildman–Crippen LogP) is 4.57. The molecule has 0 saturated carbocycles. The number of nitrogens with one attached hydrogen (secondary N) is 1. The van der Waals surface area contributed by atoms with E-state index in [0.717, 1.165) is 12.0 Å². The number of ether oxygens (including phenoxy) is 3. The molecule has 33 heavy (non-hydrogen) atoms. The van der Waals surface area contributed by atoms with Crippen molar-refractivity contribution < 1.29 is 23.9 Å². The van der Waals surface area contributed by atoms with Crippen LogP contribution < -0.4 is 19.6 Å². The number of nitrogens with zero attached hydrogens (tertiary/aromatic N) is 2. The number of fused-ring (bicyclic) bond motifs is 1. The van der Waals surface area contributed by atoms with Crippen LogP contribution in [0.15, 0.2) is 41.5 Å². The van der Waals surface area contributed by atoms with Crippen LogP contribution in [0.1, 0.15) is 52.2 Å². The Kier molecular flexibility index (Phi) is 6.90. The van der Waals surface area contributed by atoms with Gasteiger partial charge in [-0.2, -0.15) is 5.10 Å². The molecule has 1 aliphatic heterocycles. The second kappa shape index (κ2) is 9.48. The van der Waals surface area contributed by atoms with E-state index < -0.39 is 17.4 Å². The first kappa shape index (κ1) is 24.0. The minimum atomic E-state index is -0.543. The van der Waals surface area contributed by atoms with Gasteiger partial charge in [-0.05, 0) is 52.6 Å². The van der Waals surface area contributed by atoms with Gasteiger partial charge in [-0.15, -0.1) is 0 Å². The van der Waals surface area contributed by atoms with Crippen LogP contribution in [-0.4, -0.2) is 30.4 Å². The summed E-state index contributed by atoms with van der Waals surface area (Å²) in [4.78, 5) is 23.2. The first-order valence-corrected chi connectivity index (χ1v) is 10.6. The molecule has 3 rings (SSSR count). The number of hydrazone groups is 1. The predicted molar refractivity (Wildman–Crippen MR) is 124 cm³/mol. The van der Waals surface area contributed by atoms with Gasteiger partial charge in [-0.25, -0.2) is 5.43 Å². The van der Waals surface area contributed by atoms with Crippen LogP contribution in [0.3, 0.4) is 0 Å². The molecule has 2 aromatic carbocycles. The second-order valence-corrected chi connectivity index (χ2v) is 9.76. The minimum Gasteiger partial charge on any atom is -0.477 e. The standard InChI is InChI=1S/C24H29N3O6/c1-23(2,3)14-24(4,5)17-7-9-19(18(11-17)27(29)30)31-13-22(28)26-25-12-16-6-8-20-21(10-16)33-15-32-20/h6-12H,13-15H2,1-5H3,(H,26,28). The fourth-order valence-corrected chi connectivity index (χ4v) is 3.98. The van der Waals surface area contributed by atoms with Gasteiger partial charge in [-0.3, -0.25) is 14.9 Å². The third-order valence-corrected chi connectivity index (χ3v) is 5.07. The van der Waals surface area contributed by atoms with Gasteiger partial charge in [0.05, 0.1) is 11.1 Å². The number of carbonyl (C=O) groups is 1. The van der Waals surface area contributed by atoms with Crippen molar-refractivity contribution in [2.45, 2.75) is 46.5 Å². The van der Waals surface area contributed by atoms with Crippen LogP contribution in [0.25, 0.3) is 0 Å². The molecule has 1 N–H and O–H groups in total. The van der Waals surface area contributed by atoms with Gasteiger partial charge in [0.2, 0.25) is 6.79 Å². The number of hydrogen-bond acceptors (Lipinski definition) is 7. The summed E-state index contributed by atoms with van der Waals surface area (Å²) in [5.41, 5.74) is 3.52. The molecule has 0 radical (unpaired) electrons. The zero-order valence-electron chi connectivity index (χ0n) is 19.5. The van der Waals surface area contributed by atoms with Crippen molar-refractivity contribution in [2.24, 2.45) is 10.5 Å². The number of carbonyl (C=O) groups excluding carboxylic acids is 1. The van der Waals surface area contributed by atoms with Crippen LogP contribution in [0.2, 0.25) is 0 Å². The Morgan fingerprint density at radius 1 is 1.15 bits per heavy atom. The van der Waals surface area contributed by atoms with Crippen LogP contribution >= 0.6 is 0 Å². The highest BCUT2D eigenvalue weighted by atomic mass is 16.7. The highest BCUT2D eigenvalue weighted by molar-refractivity contribution is 5.83. The fourth-order valence-electron chi connectivity index (χ4n) is 3.98. The Morgan fingerprint density at radius 2 is 1.88 bits per heavy atom. The monoisotopic (exact) mass is 455 g/mol. The van der Waals surface area contributed by atoms with Crippen molar-refractivity contribution in [1.82, 2.24) is 5.43 Å². The molecule has 0 fully saturated rings. The Labute approximate surface area is 192 Å². The van der Waals surface area contributed by atoms with E-state index in [1.165, 1.54) is 12.3 Å². The Morgan fingerprint density at radius 3 is 2.58 bits per heavy atom. The summed E-state index contributed by atoms with van der Waals surface area (Å²) in [6.45, 7) is 10.3. The summed E-state index contributed by atoms with van der Waals surface area (Å²) in [5, 5.41) is 15.5. The molecule has 0 unspecified atom stereocenters. The SMILES string of the molecule is CC(C)(C)CC(C)(C)c1ccc(OCC(=O)NN=Cc2ccc3c(c2)OCO3)c([N+](=O)[O-])c1. The molecule has 0 aromatic heterocycles. The molecule has 1 heterocycles. The second-order valence-electron chi connectivity index (χ2n) is 9.76. The van der Waals surface area contributed by atoms with Crippen molar-refractivity contribution in [1.29, 1.82) is 0 Å². The van der Waals surface area contributed by atoms with Gasteiger partial charge in [0, 0.05) is 6.07 Å². The maximum absolute atomic E-state index is 12.1. The lowest BCUT2D eigenvalue weighted by Gasteiger charge is -2.33. The van der Waals surface area contributed by atoms with Crippen molar-refractivity contribution >= 4 is 17.8 Å². The van der Waals surface area contributed by atoms with Crippen LogP contribution in [0.4, 0.5) is 5.69 Å². The smallest absolute Gasteiger partial charge is 0.311 e. The third kappa shape index (κ3) is 6.44. The van der Waals surface area contributed by atoms with Crippen LogP contribution in [0.5, 0.6) is 17.2 Å². The molecule has 0 aliphatic carbocycles. The lowest BCUT2D eigenvalue weighted by Crippen LogP contribution is -2.26. The van der Waals surface area contributed by atoms with Gasteiger partial charge >= 0.3 is 5.69 Å². The lowest BCUT2D eigenvalue weighted by atomic mass is 9.72. The molecule has 9 nitrogen and oxygen atoms in total. The van der Waals surface area contributed by atoms with E-state index in [4.69, 9.17) is 14.2 Å². The summed E-state index contributed by atoms with van der Waals surface area (Å²) in [6, 6.07) is 10.1. The topological polar surface area (TPSA) is 112 Å². The average molecular weight is 456 g/mol. The number of nitro groups is 1. The maximum atomic E-state index is 12.1. The van der Waals surface area contributed by atoms with Crippen molar-refractivity contribution in [3.63, 3.8) is 0 Å². The quantitative estimate of drug-likeness (QED) is 0.355. The normalized spacial score (nSPS) is 13.2. The molecule has 1 aliphatic rings. The van der Waals surface area contributed by atoms with E-state index in [1.807, 2.05) is 6.07 Å². The minimum absolute atomic E-state index is 0.0326. The lowest BCUT2D eigenvalue weighted by molar-refractivity contribution is -0.385. The maximum Gasteiger partial charge on any atom is 0.311 e. The van der Waals surface area contributed by atoms with Crippen LogP contribution in [-0.2, 0) is 10.2 Å². The molecule has 0 bridgehead atoms. The number of nitro benzene ring substituents is 1. The zero-order valence-corrected chi connectivity index (χ0v) is 19.5. The molecule has 0 saturated heterocycles. The summed E-state index contributed by atoms with van der Waals surface area (Å²) in [5.74, 6) is 0.748. The molecule has 1 amide bonds. The molecule has 0 spiro atoms. The van der Waals surface area contributed by atoms with E-state index in [1.54, 1.807) is 24.3 Å². The Balaban J connectivity index is 1.61. The van der Waals surface area contributed by atoms with Crippen molar-refractivity contribution in [3.8, 4) is 17.2 Å². The van der Waals surface area contributed by atoms with Gasteiger partial charge in [-0.1, -0.05) is 40.7 Å². The Hall–Kier alpha value is -3.62. The number of rotatable bonds is 8. The summed E-state index contributed by atoms with van der Waals surface area (Å²) < 4.78 is 16.0. The highest BCUT2D eigenvalue weighted by Gasteiger charge is 2.30. The largest absolute Gasteiger partial charge is 0.477 e. The summed E-state index contributed by atoms with van der Waals surface area (Å²) in [6.07, 6.45) is 2.30. The molecule has 9 heteroatoms. The fraction of sp³-hybridized carbons (Fsp3) is 0.417. The van der Waals surface area contributed by atoms with E-state index >= 15 is 0 Å². The molecular formula is C24H29N3O6. The third-order valence-electron chi connectivity index (χ3n) is 5.07. The molecule has 0 atom stereocenters.